The van der Waals surface area contributed by atoms with Gasteiger partial charge < -0.3 is 5.73 Å². The summed E-state index contributed by atoms with van der Waals surface area (Å²) >= 11 is 0. The van der Waals surface area contributed by atoms with E-state index in [0.29, 0.717) is 0 Å². The Morgan fingerprint density at radius 1 is 1.37 bits per heavy atom. The molecule has 2 rings (SSSR count). The van der Waals surface area contributed by atoms with Crippen molar-refractivity contribution in [2.24, 2.45) is 5.73 Å². The third kappa shape index (κ3) is 2.25. The van der Waals surface area contributed by atoms with Crippen molar-refractivity contribution in [3.63, 3.8) is 0 Å². The number of halogens is 3. The standard InChI is InChI=1S/C12H8F3N3O/c13-12(14,15)8-2-1-3-9(5-8)18-10(19)4-7(6-16)11(18)17/h1-3,5H,4,17H2. The first-order chi connectivity index (χ1) is 8.84. The number of carbonyl (C=O) groups excluding carboxylic acids is 1. The van der Waals surface area contributed by atoms with Crippen LogP contribution >= 0.6 is 0 Å². The van der Waals surface area contributed by atoms with Crippen LogP contribution in [0.2, 0.25) is 0 Å². The van der Waals surface area contributed by atoms with Gasteiger partial charge in [-0.1, -0.05) is 6.07 Å². The van der Waals surface area contributed by atoms with E-state index in [0.717, 1.165) is 17.0 Å². The van der Waals surface area contributed by atoms with Gasteiger partial charge in [0.05, 0.1) is 29.3 Å². The van der Waals surface area contributed by atoms with Crippen molar-refractivity contribution in [2.75, 3.05) is 4.90 Å². The lowest BCUT2D eigenvalue weighted by atomic mass is 10.2. The smallest absolute Gasteiger partial charge is 0.384 e. The van der Waals surface area contributed by atoms with Gasteiger partial charge in [-0.2, -0.15) is 18.4 Å². The zero-order valence-electron chi connectivity index (χ0n) is 9.53. The minimum Gasteiger partial charge on any atom is -0.384 e. The van der Waals surface area contributed by atoms with Gasteiger partial charge >= 0.3 is 6.18 Å². The van der Waals surface area contributed by atoms with E-state index in [1.54, 1.807) is 6.07 Å². The fraction of sp³-hybridized carbons (Fsp3) is 0.167. The molecular formula is C12H8F3N3O. The molecule has 1 amide bonds. The van der Waals surface area contributed by atoms with Crippen LogP contribution in [0.4, 0.5) is 18.9 Å². The average Bonchev–Trinajstić information content (AvgIpc) is 2.63. The second-order valence-corrected chi connectivity index (χ2v) is 3.93. The second kappa shape index (κ2) is 4.31. The lowest BCUT2D eigenvalue weighted by Crippen LogP contribution is -2.28. The Balaban J connectivity index is 2.47. The molecular weight excluding hydrogens is 259 g/mol. The molecule has 0 spiro atoms. The molecule has 1 aliphatic heterocycles. The van der Waals surface area contributed by atoms with E-state index in [-0.39, 0.29) is 23.5 Å². The van der Waals surface area contributed by atoms with E-state index in [2.05, 4.69) is 0 Å². The summed E-state index contributed by atoms with van der Waals surface area (Å²) in [5.41, 5.74) is 4.78. The Bertz CT molecular complexity index is 613. The van der Waals surface area contributed by atoms with Crippen LogP contribution in [0.5, 0.6) is 0 Å². The van der Waals surface area contributed by atoms with Crippen molar-refractivity contribution in [1.29, 1.82) is 5.26 Å². The number of nitriles is 1. The monoisotopic (exact) mass is 267 g/mol. The highest BCUT2D eigenvalue weighted by atomic mass is 19.4. The number of alkyl halides is 3. The summed E-state index contributed by atoms with van der Waals surface area (Å²) in [5.74, 6) is -0.639. The number of benzene rings is 1. The highest BCUT2D eigenvalue weighted by Gasteiger charge is 2.34. The summed E-state index contributed by atoms with van der Waals surface area (Å²) in [6, 6.07) is 6.00. The molecule has 0 fully saturated rings. The van der Waals surface area contributed by atoms with Gasteiger partial charge in [-0.25, -0.2) is 0 Å². The minimum absolute atomic E-state index is 0.00238. The summed E-state index contributed by atoms with van der Waals surface area (Å²) in [4.78, 5) is 12.6. The van der Waals surface area contributed by atoms with Crippen molar-refractivity contribution in [3.05, 3.63) is 41.2 Å². The molecule has 0 atom stereocenters. The van der Waals surface area contributed by atoms with Crippen LogP contribution < -0.4 is 10.6 Å². The van der Waals surface area contributed by atoms with E-state index in [1.165, 1.54) is 12.1 Å². The fourth-order valence-corrected chi connectivity index (χ4v) is 1.79. The maximum Gasteiger partial charge on any atom is 0.416 e. The number of nitrogens with zero attached hydrogens (tertiary/aromatic N) is 2. The van der Waals surface area contributed by atoms with Gasteiger partial charge in [-0.15, -0.1) is 0 Å². The Labute approximate surface area is 106 Å². The molecule has 4 nitrogen and oxygen atoms in total. The van der Waals surface area contributed by atoms with Crippen LogP contribution in [0.3, 0.4) is 0 Å². The van der Waals surface area contributed by atoms with Crippen LogP contribution in [0, 0.1) is 11.3 Å². The van der Waals surface area contributed by atoms with Gasteiger partial charge in [0.25, 0.3) is 0 Å². The van der Waals surface area contributed by atoms with Crippen molar-refractivity contribution >= 4 is 11.6 Å². The van der Waals surface area contributed by atoms with Crippen LogP contribution in [0.1, 0.15) is 12.0 Å². The van der Waals surface area contributed by atoms with Crippen LogP contribution in [-0.2, 0) is 11.0 Å². The predicted molar refractivity (Wildman–Crippen MR) is 60.4 cm³/mol. The summed E-state index contributed by atoms with van der Waals surface area (Å²) in [5, 5.41) is 8.76. The van der Waals surface area contributed by atoms with Gasteiger partial charge in [0, 0.05) is 0 Å². The third-order valence-corrected chi connectivity index (χ3v) is 2.69. The molecule has 0 aromatic heterocycles. The number of hydrogen-bond acceptors (Lipinski definition) is 3. The molecule has 0 bridgehead atoms. The van der Waals surface area contributed by atoms with E-state index < -0.39 is 17.6 Å². The summed E-state index contributed by atoms with van der Waals surface area (Å²) in [6.07, 6.45) is -4.70. The molecule has 7 heteroatoms. The van der Waals surface area contributed by atoms with E-state index in [4.69, 9.17) is 11.0 Å². The van der Waals surface area contributed by atoms with Crippen LogP contribution in [0.25, 0.3) is 0 Å². The molecule has 0 unspecified atom stereocenters. The quantitative estimate of drug-likeness (QED) is 0.847. The van der Waals surface area contributed by atoms with Crippen molar-refractivity contribution in [2.45, 2.75) is 12.6 Å². The summed E-state index contributed by atoms with van der Waals surface area (Å²) in [7, 11) is 0. The Kier molecular flexibility index (Phi) is 2.94. The number of rotatable bonds is 1. The van der Waals surface area contributed by atoms with Crippen molar-refractivity contribution in [3.8, 4) is 6.07 Å². The molecule has 0 saturated carbocycles. The first-order valence-electron chi connectivity index (χ1n) is 5.23. The Hall–Kier alpha value is -2.49. The molecule has 1 heterocycles. The van der Waals surface area contributed by atoms with Crippen LogP contribution in [-0.4, -0.2) is 5.91 Å². The molecule has 1 aromatic carbocycles. The van der Waals surface area contributed by atoms with E-state index in [9.17, 15) is 18.0 Å². The third-order valence-electron chi connectivity index (χ3n) is 2.69. The first kappa shape index (κ1) is 13.0. The maximum atomic E-state index is 12.6. The predicted octanol–water partition coefficient (Wildman–Crippen LogP) is 2.14. The van der Waals surface area contributed by atoms with Crippen molar-refractivity contribution < 1.29 is 18.0 Å². The molecule has 19 heavy (non-hydrogen) atoms. The van der Waals surface area contributed by atoms with Gasteiger partial charge in [0.2, 0.25) is 5.91 Å². The molecule has 98 valence electrons. The molecule has 0 aliphatic carbocycles. The van der Waals surface area contributed by atoms with Gasteiger partial charge in [-0.3, -0.25) is 9.69 Å². The SMILES string of the molecule is N#CC1=C(N)N(c2cccc(C(F)(F)F)c2)C(=O)C1. The molecule has 0 saturated heterocycles. The summed E-state index contributed by atoms with van der Waals surface area (Å²) < 4.78 is 37.8. The van der Waals surface area contributed by atoms with Gasteiger partial charge in [0.1, 0.15) is 5.82 Å². The number of nitrogens with two attached hydrogens (primary N) is 1. The zero-order chi connectivity index (χ0) is 14.2. The Morgan fingerprint density at radius 2 is 2.05 bits per heavy atom. The van der Waals surface area contributed by atoms with Gasteiger partial charge in [0.15, 0.2) is 0 Å². The fourth-order valence-electron chi connectivity index (χ4n) is 1.79. The molecule has 1 aliphatic rings. The van der Waals surface area contributed by atoms with Gasteiger partial charge in [-0.05, 0) is 18.2 Å². The van der Waals surface area contributed by atoms with E-state index in [1.807, 2.05) is 0 Å². The van der Waals surface area contributed by atoms with Crippen molar-refractivity contribution in [1.82, 2.24) is 0 Å². The number of carbonyl (C=O) groups is 1. The number of hydrogen-bond donors (Lipinski definition) is 1. The lowest BCUT2D eigenvalue weighted by Gasteiger charge is -2.18. The molecule has 2 N–H and O–H groups in total. The van der Waals surface area contributed by atoms with Crippen LogP contribution in [0.15, 0.2) is 35.7 Å². The number of amides is 1. The largest absolute Gasteiger partial charge is 0.416 e. The lowest BCUT2D eigenvalue weighted by molar-refractivity contribution is -0.137. The second-order valence-electron chi connectivity index (χ2n) is 3.93. The topological polar surface area (TPSA) is 70.1 Å². The summed E-state index contributed by atoms with van der Waals surface area (Å²) in [6.45, 7) is 0. The number of anilines is 1. The Morgan fingerprint density at radius 3 is 2.58 bits per heavy atom. The highest BCUT2D eigenvalue weighted by Crippen LogP contribution is 2.34. The minimum atomic E-state index is -4.50. The first-order valence-corrected chi connectivity index (χ1v) is 5.23. The average molecular weight is 267 g/mol. The maximum absolute atomic E-state index is 12.6. The molecule has 1 aromatic rings. The van der Waals surface area contributed by atoms with E-state index >= 15 is 0 Å². The zero-order valence-corrected chi connectivity index (χ0v) is 9.53. The highest BCUT2D eigenvalue weighted by molar-refractivity contribution is 6.01. The molecule has 0 radical (unpaired) electrons. The normalized spacial score (nSPS) is 15.9.